The monoisotopic (exact) mass is 416 g/mol. The van der Waals surface area contributed by atoms with Gasteiger partial charge in [0.1, 0.15) is 5.82 Å². The maximum atomic E-state index is 13.1. The molecule has 0 spiro atoms. The lowest BCUT2D eigenvalue weighted by Crippen LogP contribution is -2.38. The van der Waals surface area contributed by atoms with Crippen LogP contribution in [-0.2, 0) is 13.1 Å². The molecule has 0 saturated heterocycles. The van der Waals surface area contributed by atoms with Gasteiger partial charge in [0.05, 0.1) is 6.54 Å². The summed E-state index contributed by atoms with van der Waals surface area (Å²) >= 11 is 0. The fourth-order valence-electron chi connectivity index (χ4n) is 1.97. The van der Waals surface area contributed by atoms with Gasteiger partial charge in [0.25, 0.3) is 0 Å². The summed E-state index contributed by atoms with van der Waals surface area (Å²) in [5.74, 6) is 0.516. The molecule has 0 amide bonds. The predicted octanol–water partition coefficient (Wildman–Crippen LogP) is 3.00. The number of aromatic nitrogens is 1. The highest BCUT2D eigenvalue weighted by atomic mass is 127. The van der Waals surface area contributed by atoms with Gasteiger partial charge in [-0.15, -0.1) is 24.0 Å². The van der Waals surface area contributed by atoms with Gasteiger partial charge in [-0.1, -0.05) is 12.1 Å². The summed E-state index contributed by atoms with van der Waals surface area (Å²) in [5.41, 5.74) is 0.859. The van der Waals surface area contributed by atoms with Crippen LogP contribution >= 0.6 is 24.0 Å². The van der Waals surface area contributed by atoms with E-state index in [4.69, 9.17) is 0 Å². The average molecular weight is 416 g/mol. The Morgan fingerprint density at radius 1 is 1.18 bits per heavy atom. The molecule has 22 heavy (non-hydrogen) atoms. The first-order valence-electron chi connectivity index (χ1n) is 7.15. The highest BCUT2D eigenvalue weighted by Crippen LogP contribution is 2.04. The van der Waals surface area contributed by atoms with E-state index in [1.165, 1.54) is 12.1 Å². The number of benzene rings is 1. The number of aliphatic imine (C=N–C) groups is 1. The van der Waals surface area contributed by atoms with E-state index in [9.17, 15) is 4.39 Å². The van der Waals surface area contributed by atoms with Crippen molar-refractivity contribution in [3.05, 3.63) is 60.2 Å². The van der Waals surface area contributed by atoms with Gasteiger partial charge in [-0.3, -0.25) is 0 Å². The summed E-state index contributed by atoms with van der Waals surface area (Å²) in [6, 6.07) is 10.5. The molecule has 2 N–H and O–H groups in total. The largest absolute Gasteiger partial charge is 0.357 e. The molecule has 1 aromatic heterocycles. The molecule has 4 nitrogen and oxygen atoms in total. The molecule has 0 aliphatic rings. The van der Waals surface area contributed by atoms with E-state index >= 15 is 0 Å². The van der Waals surface area contributed by atoms with Crippen LogP contribution < -0.4 is 10.6 Å². The van der Waals surface area contributed by atoms with Crippen molar-refractivity contribution < 1.29 is 4.39 Å². The minimum Gasteiger partial charge on any atom is -0.357 e. The smallest absolute Gasteiger partial charge is 0.191 e. The number of nitrogens with zero attached hydrogens (tertiary/aromatic N) is 2. The van der Waals surface area contributed by atoms with Crippen molar-refractivity contribution in [2.45, 2.75) is 20.0 Å². The van der Waals surface area contributed by atoms with E-state index in [2.05, 4.69) is 20.2 Å². The predicted molar refractivity (Wildman–Crippen MR) is 99.1 cm³/mol. The molecular formula is C16H22FIN4. The van der Waals surface area contributed by atoms with Crippen LogP contribution in [0.5, 0.6) is 0 Å². The lowest BCUT2D eigenvalue weighted by Gasteiger charge is -2.11. The number of hydrogen-bond acceptors (Lipinski definition) is 1. The molecule has 0 atom stereocenters. The first-order chi connectivity index (χ1) is 10.3. The summed E-state index contributed by atoms with van der Waals surface area (Å²) < 4.78 is 15.2. The number of rotatable bonds is 6. The molecule has 0 bridgehead atoms. The van der Waals surface area contributed by atoms with Crippen molar-refractivity contribution in [3.63, 3.8) is 0 Å². The van der Waals surface area contributed by atoms with E-state index in [0.717, 1.165) is 31.2 Å². The van der Waals surface area contributed by atoms with E-state index in [1.54, 1.807) is 6.07 Å². The van der Waals surface area contributed by atoms with Gasteiger partial charge >= 0.3 is 0 Å². The van der Waals surface area contributed by atoms with E-state index < -0.39 is 0 Å². The zero-order valence-corrected chi connectivity index (χ0v) is 15.0. The summed E-state index contributed by atoms with van der Waals surface area (Å²) in [6.45, 7) is 4.92. The molecule has 0 saturated carbocycles. The molecular weight excluding hydrogens is 394 g/mol. The quantitative estimate of drug-likeness (QED) is 0.432. The number of halogens is 2. The second-order valence-corrected chi connectivity index (χ2v) is 4.67. The highest BCUT2D eigenvalue weighted by Gasteiger charge is 1.98. The Bertz CT molecular complexity index is 569. The van der Waals surface area contributed by atoms with E-state index in [-0.39, 0.29) is 29.8 Å². The Labute approximate surface area is 147 Å². The second-order valence-electron chi connectivity index (χ2n) is 4.67. The fraction of sp³-hybridized carbons (Fsp3) is 0.312. The van der Waals surface area contributed by atoms with Crippen LogP contribution in [0.25, 0.3) is 0 Å². The van der Waals surface area contributed by atoms with Crippen LogP contribution in [0.3, 0.4) is 0 Å². The first-order valence-corrected chi connectivity index (χ1v) is 7.15. The molecule has 6 heteroatoms. The molecule has 2 rings (SSSR count). The number of nitrogens with one attached hydrogen (secondary N) is 2. The third-order valence-corrected chi connectivity index (χ3v) is 2.98. The Morgan fingerprint density at radius 3 is 2.64 bits per heavy atom. The van der Waals surface area contributed by atoms with Crippen LogP contribution in [0, 0.1) is 5.82 Å². The Morgan fingerprint density at radius 2 is 1.95 bits per heavy atom. The van der Waals surface area contributed by atoms with Crippen LogP contribution in [0.15, 0.2) is 53.8 Å². The summed E-state index contributed by atoms with van der Waals surface area (Å²) in [6.07, 6.45) is 4.05. The lowest BCUT2D eigenvalue weighted by molar-refractivity contribution is 0.625. The second kappa shape index (κ2) is 10.2. The minimum absolute atomic E-state index is 0. The molecule has 2 aromatic rings. The molecule has 1 aromatic carbocycles. The highest BCUT2D eigenvalue weighted by molar-refractivity contribution is 14.0. The number of guanidine groups is 1. The molecule has 120 valence electrons. The van der Waals surface area contributed by atoms with Gasteiger partial charge in [0, 0.05) is 32.0 Å². The van der Waals surface area contributed by atoms with Crippen LogP contribution in [-0.4, -0.2) is 23.6 Å². The zero-order chi connectivity index (χ0) is 14.9. The van der Waals surface area contributed by atoms with Gasteiger partial charge in [-0.25, -0.2) is 9.38 Å². The van der Waals surface area contributed by atoms with Gasteiger partial charge in [-0.2, -0.15) is 0 Å². The van der Waals surface area contributed by atoms with Crippen molar-refractivity contribution >= 4 is 29.9 Å². The van der Waals surface area contributed by atoms with Gasteiger partial charge in [-0.05, 0) is 36.8 Å². The third kappa shape index (κ3) is 6.46. The van der Waals surface area contributed by atoms with Gasteiger partial charge in [0.2, 0.25) is 0 Å². The Balaban J connectivity index is 0.00000242. The minimum atomic E-state index is -0.228. The molecule has 1 heterocycles. The first kappa shape index (κ1) is 18.5. The number of hydrogen-bond donors (Lipinski definition) is 2. The van der Waals surface area contributed by atoms with Crippen molar-refractivity contribution in [2.75, 3.05) is 13.1 Å². The Hall–Kier alpha value is -1.57. The van der Waals surface area contributed by atoms with Crippen molar-refractivity contribution in [1.82, 2.24) is 15.2 Å². The van der Waals surface area contributed by atoms with Crippen LogP contribution in [0.4, 0.5) is 4.39 Å². The van der Waals surface area contributed by atoms with E-state index in [0.29, 0.717) is 6.54 Å². The van der Waals surface area contributed by atoms with Crippen molar-refractivity contribution in [2.24, 2.45) is 4.99 Å². The molecule has 0 fully saturated rings. The molecule has 0 unspecified atom stereocenters. The SMILES string of the molecule is CCNC(=NCc1cccc(F)c1)NCCn1cccc1.I. The summed E-state index contributed by atoms with van der Waals surface area (Å²) in [7, 11) is 0. The average Bonchev–Trinajstić information content (AvgIpc) is 2.98. The Kier molecular flexibility index (Phi) is 8.57. The normalized spacial score (nSPS) is 10.9. The fourth-order valence-corrected chi connectivity index (χ4v) is 1.97. The summed E-state index contributed by atoms with van der Waals surface area (Å²) in [5, 5.41) is 6.45. The van der Waals surface area contributed by atoms with E-state index in [1.807, 2.05) is 37.5 Å². The van der Waals surface area contributed by atoms with Crippen molar-refractivity contribution in [1.29, 1.82) is 0 Å². The lowest BCUT2D eigenvalue weighted by atomic mass is 10.2. The van der Waals surface area contributed by atoms with Gasteiger partial charge in [0.15, 0.2) is 5.96 Å². The van der Waals surface area contributed by atoms with Crippen LogP contribution in [0.1, 0.15) is 12.5 Å². The summed E-state index contributed by atoms with van der Waals surface area (Å²) in [4.78, 5) is 4.46. The molecule has 0 radical (unpaired) electrons. The standard InChI is InChI=1S/C16H21FN4.HI/c1-2-18-16(19-8-11-21-9-3-4-10-21)20-13-14-6-5-7-15(17)12-14;/h3-7,9-10,12H,2,8,11,13H2,1H3,(H2,18,19,20);1H. The maximum Gasteiger partial charge on any atom is 0.191 e. The topological polar surface area (TPSA) is 41.4 Å². The maximum absolute atomic E-state index is 13.1. The third-order valence-electron chi connectivity index (χ3n) is 2.98. The zero-order valence-electron chi connectivity index (χ0n) is 12.6. The van der Waals surface area contributed by atoms with Gasteiger partial charge < -0.3 is 15.2 Å². The van der Waals surface area contributed by atoms with Crippen LogP contribution in [0.2, 0.25) is 0 Å². The molecule has 0 aliphatic heterocycles. The van der Waals surface area contributed by atoms with Crippen molar-refractivity contribution in [3.8, 4) is 0 Å². The molecule has 0 aliphatic carbocycles.